The van der Waals surface area contributed by atoms with E-state index in [0.717, 1.165) is 37.0 Å². The molecule has 0 amide bonds. The first kappa shape index (κ1) is 31.6. The molecule has 9 atom stereocenters. The van der Waals surface area contributed by atoms with E-state index in [2.05, 4.69) is 80.6 Å². The molecule has 2 unspecified atom stereocenters. The summed E-state index contributed by atoms with van der Waals surface area (Å²) in [5, 5.41) is 11.5. The third-order valence-electron chi connectivity index (χ3n) is 13.1. The highest BCUT2D eigenvalue weighted by Crippen LogP contribution is 2.65. The number of unbranched alkanes of at least 4 members (excludes halogenated alkanes) is 1. The predicted molar refractivity (Wildman–Crippen MR) is 170 cm³/mol. The Balaban J connectivity index is 1.46. The van der Waals surface area contributed by atoms with Crippen LogP contribution in [0.2, 0.25) is 18.1 Å². The van der Waals surface area contributed by atoms with Crippen LogP contribution in [0.4, 0.5) is 0 Å². The van der Waals surface area contributed by atoms with E-state index in [4.69, 9.17) is 4.43 Å². The molecule has 0 bridgehead atoms. The van der Waals surface area contributed by atoms with Gasteiger partial charge in [0.25, 0.3) is 0 Å². The lowest BCUT2D eigenvalue weighted by Gasteiger charge is -2.55. The highest BCUT2D eigenvalue weighted by atomic mass is 28.4. The molecule has 0 aliphatic heterocycles. The van der Waals surface area contributed by atoms with Gasteiger partial charge in [-0.15, -0.1) is 0 Å². The van der Waals surface area contributed by atoms with E-state index in [0.29, 0.717) is 23.4 Å². The van der Waals surface area contributed by atoms with Gasteiger partial charge < -0.3 is 9.53 Å². The third-order valence-corrected chi connectivity index (χ3v) is 17.6. The van der Waals surface area contributed by atoms with Gasteiger partial charge in [0.05, 0.1) is 6.10 Å². The molecule has 4 aliphatic rings. The van der Waals surface area contributed by atoms with Crippen LogP contribution in [0.1, 0.15) is 132 Å². The molecule has 0 saturated heterocycles. The van der Waals surface area contributed by atoms with Crippen LogP contribution < -0.4 is 0 Å². The molecule has 39 heavy (non-hydrogen) atoms. The van der Waals surface area contributed by atoms with Crippen molar-refractivity contribution in [1.82, 2.24) is 0 Å². The van der Waals surface area contributed by atoms with Crippen LogP contribution in [0.3, 0.4) is 0 Å². The van der Waals surface area contributed by atoms with Gasteiger partial charge in [-0.25, -0.2) is 0 Å². The third kappa shape index (κ3) is 5.94. The second-order valence-corrected chi connectivity index (χ2v) is 21.2. The van der Waals surface area contributed by atoms with Crippen molar-refractivity contribution in [2.75, 3.05) is 0 Å². The molecular weight excluding hydrogens is 492 g/mol. The van der Waals surface area contributed by atoms with Crippen molar-refractivity contribution in [3.63, 3.8) is 0 Å². The van der Waals surface area contributed by atoms with E-state index in [1.807, 2.05) is 0 Å². The van der Waals surface area contributed by atoms with Gasteiger partial charge in [0, 0.05) is 11.5 Å². The first-order valence-corrected chi connectivity index (χ1v) is 19.8. The minimum Gasteiger partial charge on any atom is -0.414 e. The Hall–Kier alpha value is -0.383. The van der Waals surface area contributed by atoms with Crippen LogP contribution in [0.15, 0.2) is 23.3 Å². The van der Waals surface area contributed by atoms with Gasteiger partial charge in [0.2, 0.25) is 0 Å². The van der Waals surface area contributed by atoms with E-state index in [9.17, 15) is 5.11 Å². The maximum Gasteiger partial charge on any atom is 0.192 e. The van der Waals surface area contributed by atoms with Gasteiger partial charge in [-0.1, -0.05) is 98.0 Å². The minimum atomic E-state index is -1.74. The van der Waals surface area contributed by atoms with Crippen molar-refractivity contribution in [2.24, 2.45) is 40.4 Å². The summed E-state index contributed by atoms with van der Waals surface area (Å²) >= 11 is 0. The molecule has 1 N–H and O–H groups in total. The van der Waals surface area contributed by atoms with Crippen molar-refractivity contribution >= 4 is 8.32 Å². The van der Waals surface area contributed by atoms with Gasteiger partial charge in [0.1, 0.15) is 0 Å². The van der Waals surface area contributed by atoms with Gasteiger partial charge in [0.15, 0.2) is 8.32 Å². The zero-order chi connectivity index (χ0) is 28.8. The van der Waals surface area contributed by atoms with Crippen molar-refractivity contribution in [2.45, 2.75) is 163 Å². The molecule has 0 aromatic heterocycles. The summed E-state index contributed by atoms with van der Waals surface area (Å²) in [5.74, 6) is 3.36. The quantitative estimate of drug-likeness (QED) is 0.214. The van der Waals surface area contributed by atoms with Crippen LogP contribution in [-0.2, 0) is 4.43 Å². The molecule has 0 heterocycles. The maximum atomic E-state index is 11.2. The Morgan fingerprint density at radius 3 is 2.46 bits per heavy atom. The molecule has 3 heteroatoms. The van der Waals surface area contributed by atoms with Crippen LogP contribution in [0.5, 0.6) is 0 Å². The summed E-state index contributed by atoms with van der Waals surface area (Å²) in [7, 11) is -1.74. The summed E-state index contributed by atoms with van der Waals surface area (Å²) in [6.45, 7) is 24.2. The molecule has 0 radical (unpaired) electrons. The van der Waals surface area contributed by atoms with Crippen molar-refractivity contribution in [3.8, 4) is 0 Å². The molecule has 2 saturated carbocycles. The summed E-state index contributed by atoms with van der Waals surface area (Å²) in [6.07, 6.45) is 20.3. The van der Waals surface area contributed by atoms with Crippen LogP contribution in [-0.4, -0.2) is 25.6 Å². The monoisotopic (exact) mass is 556 g/mol. The van der Waals surface area contributed by atoms with E-state index in [-0.39, 0.29) is 16.6 Å². The number of rotatable bonds is 10. The first-order chi connectivity index (χ1) is 18.2. The highest BCUT2D eigenvalue weighted by Gasteiger charge is 2.56. The molecule has 0 spiro atoms. The number of hydrogen-bond acceptors (Lipinski definition) is 2. The number of aliphatic hydroxyl groups excluding tert-OH is 1. The van der Waals surface area contributed by atoms with E-state index >= 15 is 0 Å². The summed E-state index contributed by atoms with van der Waals surface area (Å²) in [6, 6.07) is 0. The largest absolute Gasteiger partial charge is 0.414 e. The molecule has 4 aliphatic carbocycles. The Kier molecular flexibility index (Phi) is 9.48. The number of aliphatic hydroxyl groups is 1. The Labute approximate surface area is 244 Å². The lowest BCUT2D eigenvalue weighted by atomic mass is 9.51. The van der Waals surface area contributed by atoms with Gasteiger partial charge in [-0.2, -0.15) is 0 Å². The summed E-state index contributed by atoms with van der Waals surface area (Å²) in [4.78, 5) is 0. The van der Waals surface area contributed by atoms with E-state index in [1.54, 1.807) is 11.1 Å². The second-order valence-electron chi connectivity index (χ2n) is 16.4. The van der Waals surface area contributed by atoms with Gasteiger partial charge in [-0.3, -0.25) is 0 Å². The first-order valence-electron chi connectivity index (χ1n) is 16.9. The molecule has 2 nitrogen and oxygen atoms in total. The predicted octanol–water partition coefficient (Wildman–Crippen LogP) is 10.5. The van der Waals surface area contributed by atoms with Crippen LogP contribution in [0.25, 0.3) is 0 Å². The average molecular weight is 557 g/mol. The normalized spacial score (nSPS) is 37.2. The van der Waals surface area contributed by atoms with E-state index in [1.165, 1.54) is 57.8 Å². The topological polar surface area (TPSA) is 29.5 Å². The van der Waals surface area contributed by atoms with Gasteiger partial charge >= 0.3 is 0 Å². The van der Waals surface area contributed by atoms with Gasteiger partial charge in [-0.05, 0) is 111 Å². The summed E-state index contributed by atoms with van der Waals surface area (Å²) < 4.78 is 6.94. The lowest BCUT2D eigenvalue weighted by Crippen LogP contribution is -2.48. The van der Waals surface area contributed by atoms with Crippen molar-refractivity contribution in [3.05, 3.63) is 23.3 Å². The highest BCUT2D eigenvalue weighted by molar-refractivity contribution is 6.74. The number of hydrogen-bond donors (Lipinski definition) is 1. The standard InChI is InChI=1S/C36H64O2Si/c1-11-13-14-26(12-2)33(37)23-25(3)30-17-18-31-29-16-15-27-24-28(38-39(9,10)34(4,5)6)19-21-35(27,7)32(29)20-22-36(30,31)8/h15,20,25-26,28-31,33,37H,11-14,16-19,21-24H2,1-10H3/t25-,26?,28+,29+,30-,31+,33?,35+,36-/m1/s1. The van der Waals surface area contributed by atoms with Crippen molar-refractivity contribution < 1.29 is 9.53 Å². The molecule has 0 aromatic rings. The molecule has 0 aromatic carbocycles. The Morgan fingerprint density at radius 2 is 1.82 bits per heavy atom. The molecule has 2 fully saturated rings. The lowest BCUT2D eigenvalue weighted by molar-refractivity contribution is 0.0263. The molecule has 4 rings (SSSR count). The van der Waals surface area contributed by atoms with Crippen LogP contribution in [0, 0.1) is 40.4 Å². The fourth-order valence-corrected chi connectivity index (χ4v) is 10.9. The molecular formula is C36H64O2Si. The van der Waals surface area contributed by atoms with Crippen LogP contribution >= 0.6 is 0 Å². The summed E-state index contributed by atoms with van der Waals surface area (Å²) in [5.41, 5.74) is 4.13. The molecule has 224 valence electrons. The zero-order valence-corrected chi connectivity index (χ0v) is 28.5. The maximum absolute atomic E-state index is 11.2. The number of allylic oxidation sites excluding steroid dienone is 3. The minimum absolute atomic E-state index is 0.128. The Bertz CT molecular complexity index is 912. The fourth-order valence-electron chi connectivity index (χ4n) is 9.47. The van der Waals surface area contributed by atoms with E-state index < -0.39 is 8.32 Å². The SMILES string of the molecule is CCCCC(CC)C(O)C[C@@H](C)[C@H]1CC[C@H]2[C@@H]3CC=C4C[C@@H](O[Si](C)(C)C(C)(C)C)CC[C@]4(C)C3=CC[C@]12C. The zero-order valence-electron chi connectivity index (χ0n) is 27.5. The fraction of sp³-hybridized carbons (Fsp3) is 0.889. The Morgan fingerprint density at radius 1 is 1.10 bits per heavy atom. The number of fused-ring (bicyclic) bond motifs is 5. The smallest absolute Gasteiger partial charge is 0.192 e. The van der Waals surface area contributed by atoms with Crippen molar-refractivity contribution in [1.29, 1.82) is 0 Å². The average Bonchev–Trinajstić information content (AvgIpc) is 3.21. The second kappa shape index (κ2) is 11.7.